The molecule has 0 radical (unpaired) electrons. The van der Waals surface area contributed by atoms with Crippen LogP contribution in [0.2, 0.25) is 0 Å². The molecule has 0 aliphatic carbocycles. The minimum atomic E-state index is -0.452. The third-order valence-electron chi connectivity index (χ3n) is 3.80. The van der Waals surface area contributed by atoms with Crippen LogP contribution < -0.4 is 9.47 Å². The Labute approximate surface area is 139 Å². The Morgan fingerprint density at radius 3 is 2.33 bits per heavy atom. The molecule has 6 nitrogen and oxygen atoms in total. The summed E-state index contributed by atoms with van der Waals surface area (Å²) >= 11 is 0. The Hall–Kier alpha value is -2.89. The molecule has 124 valence electrons. The second-order valence-corrected chi connectivity index (χ2v) is 6.58. The van der Waals surface area contributed by atoms with Crippen molar-refractivity contribution in [3.8, 4) is 11.5 Å². The number of benzene rings is 2. The highest BCUT2D eigenvalue weighted by Gasteiger charge is 2.22. The second-order valence-electron chi connectivity index (χ2n) is 6.58. The van der Waals surface area contributed by atoms with E-state index >= 15 is 0 Å². The molecule has 0 saturated heterocycles. The molecule has 0 amide bonds. The zero-order valence-electron chi connectivity index (χ0n) is 13.8. The fraction of sp³-hybridized carbons (Fsp3) is 0.278. The van der Waals surface area contributed by atoms with E-state index in [-0.39, 0.29) is 17.9 Å². The number of nitro benzene ring substituents is 1. The Bertz CT molecular complexity index is 805. The highest BCUT2D eigenvalue weighted by atomic mass is 16.7. The molecule has 6 heteroatoms. The van der Waals surface area contributed by atoms with E-state index in [1.54, 1.807) is 6.07 Å². The van der Waals surface area contributed by atoms with E-state index in [0.29, 0.717) is 17.1 Å². The van der Waals surface area contributed by atoms with Crippen LogP contribution in [0.3, 0.4) is 0 Å². The summed E-state index contributed by atoms with van der Waals surface area (Å²) in [7, 11) is 0. The number of ether oxygens (including phenoxy) is 2. The zero-order chi connectivity index (χ0) is 17.3. The molecule has 0 saturated carbocycles. The maximum atomic E-state index is 11.2. The molecule has 0 atom stereocenters. The number of rotatable bonds is 3. The van der Waals surface area contributed by atoms with Gasteiger partial charge in [-0.15, -0.1) is 0 Å². The van der Waals surface area contributed by atoms with Crippen molar-refractivity contribution in [1.82, 2.24) is 0 Å². The first-order valence-corrected chi connectivity index (χ1v) is 7.57. The van der Waals surface area contributed by atoms with Crippen LogP contribution in [-0.4, -0.2) is 17.9 Å². The van der Waals surface area contributed by atoms with Gasteiger partial charge in [-0.2, -0.15) is 0 Å². The number of fused-ring (bicyclic) bond motifs is 1. The zero-order valence-corrected chi connectivity index (χ0v) is 13.8. The Balaban J connectivity index is 1.90. The van der Waals surface area contributed by atoms with E-state index in [2.05, 4.69) is 25.8 Å². The molecule has 0 spiro atoms. The van der Waals surface area contributed by atoms with Gasteiger partial charge >= 0.3 is 0 Å². The van der Waals surface area contributed by atoms with Gasteiger partial charge in [0.15, 0.2) is 11.5 Å². The molecule has 0 fully saturated rings. The number of aliphatic imine (C=N–C) groups is 1. The normalized spacial score (nSPS) is 13.5. The lowest BCUT2D eigenvalue weighted by Gasteiger charge is -2.18. The smallest absolute Gasteiger partial charge is 0.282 e. The predicted molar refractivity (Wildman–Crippen MR) is 91.6 cm³/mol. The van der Waals surface area contributed by atoms with Crippen molar-refractivity contribution >= 4 is 17.6 Å². The molecule has 0 aromatic heterocycles. The first-order chi connectivity index (χ1) is 11.3. The Morgan fingerprint density at radius 2 is 1.75 bits per heavy atom. The monoisotopic (exact) mass is 326 g/mol. The van der Waals surface area contributed by atoms with Crippen molar-refractivity contribution in [2.24, 2.45) is 4.99 Å². The molecule has 2 aromatic carbocycles. The maximum Gasteiger partial charge on any atom is 0.282 e. The third-order valence-corrected chi connectivity index (χ3v) is 3.80. The van der Waals surface area contributed by atoms with Gasteiger partial charge in [-0.1, -0.05) is 32.9 Å². The van der Waals surface area contributed by atoms with Gasteiger partial charge in [-0.3, -0.25) is 15.1 Å². The van der Waals surface area contributed by atoms with E-state index in [1.165, 1.54) is 17.8 Å². The van der Waals surface area contributed by atoms with Crippen LogP contribution in [0.1, 0.15) is 31.9 Å². The minimum Gasteiger partial charge on any atom is -0.454 e. The highest BCUT2D eigenvalue weighted by Crippen LogP contribution is 2.37. The number of nitrogens with zero attached hydrogens (tertiary/aromatic N) is 2. The molecule has 0 bridgehead atoms. The van der Waals surface area contributed by atoms with E-state index in [0.717, 1.165) is 5.69 Å². The molecule has 1 heterocycles. The molecule has 0 unspecified atom stereocenters. The maximum absolute atomic E-state index is 11.2. The van der Waals surface area contributed by atoms with Gasteiger partial charge in [-0.05, 0) is 29.2 Å². The lowest BCUT2D eigenvalue weighted by atomic mass is 9.87. The lowest BCUT2D eigenvalue weighted by Crippen LogP contribution is -2.10. The van der Waals surface area contributed by atoms with Crippen LogP contribution in [0.4, 0.5) is 11.4 Å². The van der Waals surface area contributed by atoms with Crippen LogP contribution in [0.15, 0.2) is 41.4 Å². The first-order valence-electron chi connectivity index (χ1n) is 7.57. The molecule has 2 aromatic rings. The van der Waals surface area contributed by atoms with Gasteiger partial charge in [0.25, 0.3) is 5.69 Å². The summed E-state index contributed by atoms with van der Waals surface area (Å²) in [6, 6.07) is 10.8. The van der Waals surface area contributed by atoms with Gasteiger partial charge in [0.1, 0.15) is 0 Å². The molecule has 1 aliphatic rings. The summed E-state index contributed by atoms with van der Waals surface area (Å²) in [5.74, 6) is 0.874. The van der Waals surface area contributed by atoms with Crippen molar-refractivity contribution < 1.29 is 14.4 Å². The largest absolute Gasteiger partial charge is 0.454 e. The van der Waals surface area contributed by atoms with Gasteiger partial charge in [0.2, 0.25) is 6.79 Å². The molecule has 3 rings (SSSR count). The molecule has 0 N–H and O–H groups in total. The highest BCUT2D eigenvalue weighted by molar-refractivity contribution is 5.88. The summed E-state index contributed by atoms with van der Waals surface area (Å²) in [5, 5.41) is 11.2. The summed E-state index contributed by atoms with van der Waals surface area (Å²) in [4.78, 5) is 15.1. The van der Waals surface area contributed by atoms with Crippen molar-refractivity contribution in [3.63, 3.8) is 0 Å². The van der Waals surface area contributed by atoms with Crippen molar-refractivity contribution in [3.05, 3.63) is 57.6 Å². The molecule has 1 aliphatic heterocycles. The average molecular weight is 326 g/mol. The molecule has 24 heavy (non-hydrogen) atoms. The topological polar surface area (TPSA) is 74.0 Å². The molecular weight excluding hydrogens is 308 g/mol. The van der Waals surface area contributed by atoms with Crippen LogP contribution in [0, 0.1) is 10.1 Å². The standard InChI is InChI=1S/C18H18N2O4/c1-18(2,3)13-4-6-14(7-5-13)19-10-12-8-16-17(24-11-23-16)9-15(12)20(21)22/h4-10H,11H2,1-3H3. The summed E-state index contributed by atoms with van der Waals surface area (Å²) < 4.78 is 10.5. The van der Waals surface area contributed by atoms with E-state index < -0.39 is 4.92 Å². The number of hydrogen-bond acceptors (Lipinski definition) is 5. The summed E-state index contributed by atoms with van der Waals surface area (Å²) in [6.07, 6.45) is 1.48. The molecular formula is C18H18N2O4. The van der Waals surface area contributed by atoms with Gasteiger partial charge in [0.05, 0.1) is 22.2 Å². The number of hydrogen-bond donors (Lipinski definition) is 0. The Kier molecular flexibility index (Phi) is 3.97. The third kappa shape index (κ3) is 3.22. The van der Waals surface area contributed by atoms with E-state index in [1.807, 2.05) is 24.3 Å². The lowest BCUT2D eigenvalue weighted by molar-refractivity contribution is -0.385. The fourth-order valence-electron chi connectivity index (χ4n) is 2.40. The van der Waals surface area contributed by atoms with E-state index in [4.69, 9.17) is 9.47 Å². The first kappa shape index (κ1) is 16.0. The van der Waals surface area contributed by atoms with Gasteiger partial charge < -0.3 is 9.47 Å². The fourth-order valence-corrected chi connectivity index (χ4v) is 2.40. The van der Waals surface area contributed by atoms with Gasteiger partial charge in [-0.25, -0.2) is 0 Å². The van der Waals surface area contributed by atoms with Crippen LogP contribution in [-0.2, 0) is 5.41 Å². The van der Waals surface area contributed by atoms with Crippen LogP contribution >= 0.6 is 0 Å². The second kappa shape index (κ2) is 5.96. The predicted octanol–water partition coefficient (Wildman–Crippen LogP) is 4.37. The van der Waals surface area contributed by atoms with Crippen LogP contribution in [0.5, 0.6) is 11.5 Å². The Morgan fingerprint density at radius 1 is 1.12 bits per heavy atom. The van der Waals surface area contributed by atoms with Crippen molar-refractivity contribution in [2.75, 3.05) is 6.79 Å². The summed E-state index contributed by atoms with van der Waals surface area (Å²) in [5.41, 5.74) is 2.32. The van der Waals surface area contributed by atoms with Gasteiger partial charge in [0, 0.05) is 6.21 Å². The minimum absolute atomic E-state index is 0.0608. The number of nitro groups is 1. The van der Waals surface area contributed by atoms with Crippen molar-refractivity contribution in [2.45, 2.75) is 26.2 Å². The van der Waals surface area contributed by atoms with E-state index in [9.17, 15) is 10.1 Å². The summed E-state index contributed by atoms with van der Waals surface area (Å²) in [6.45, 7) is 6.49. The van der Waals surface area contributed by atoms with Crippen molar-refractivity contribution in [1.29, 1.82) is 0 Å². The quantitative estimate of drug-likeness (QED) is 0.477. The average Bonchev–Trinajstić information content (AvgIpc) is 2.98. The SMILES string of the molecule is CC(C)(C)c1ccc(N=Cc2cc3c(cc2[N+](=O)[O-])OCO3)cc1. The van der Waals surface area contributed by atoms with Crippen LogP contribution in [0.25, 0.3) is 0 Å².